The number of rotatable bonds is 9. The molecule has 0 aromatic carbocycles. The molecular formula is C12H30N3O6P3. The van der Waals surface area contributed by atoms with Gasteiger partial charge in [0.2, 0.25) is 0 Å². The van der Waals surface area contributed by atoms with Crippen LogP contribution in [0.4, 0.5) is 0 Å². The molecule has 0 unspecified atom stereocenters. The van der Waals surface area contributed by atoms with Crippen molar-refractivity contribution in [3.05, 3.63) is 0 Å². The molecule has 0 spiro atoms. The number of hydrogen-bond acceptors (Lipinski definition) is 6. The van der Waals surface area contributed by atoms with Gasteiger partial charge < -0.3 is 0 Å². The van der Waals surface area contributed by atoms with Crippen LogP contribution in [0.25, 0.3) is 0 Å². The number of nitrogens with zero attached hydrogens (tertiary/aromatic N) is 3. The molecule has 1 aliphatic heterocycles. The van der Waals surface area contributed by atoms with Crippen molar-refractivity contribution in [3.8, 4) is 0 Å². The smallest absolute Gasteiger partial charge is 0.240 e. The molecule has 1 fully saturated rings. The monoisotopic (exact) mass is 405 g/mol. The molecule has 0 bridgehead atoms. The third-order valence-electron chi connectivity index (χ3n) is 3.85. The lowest BCUT2D eigenvalue weighted by molar-refractivity contribution is 0.179. The van der Waals surface area contributed by atoms with E-state index in [1.807, 2.05) is 0 Å². The zero-order chi connectivity index (χ0) is 18.6. The van der Waals surface area contributed by atoms with Gasteiger partial charge in [0.05, 0.1) is 0 Å². The van der Waals surface area contributed by atoms with Gasteiger partial charge >= 0.3 is 23.2 Å². The predicted molar refractivity (Wildman–Crippen MR) is 94.8 cm³/mol. The maximum atomic E-state index is 13.3. The van der Waals surface area contributed by atoms with Crippen molar-refractivity contribution in [2.45, 2.75) is 41.5 Å². The molecule has 1 heterocycles. The average molecular weight is 405 g/mol. The van der Waals surface area contributed by atoms with Crippen LogP contribution < -0.4 is 0 Å². The molecule has 0 atom stereocenters. The first-order valence-electron chi connectivity index (χ1n) is 8.38. The van der Waals surface area contributed by atoms with Crippen LogP contribution in [0.5, 0.6) is 0 Å². The molecule has 0 N–H and O–H groups in total. The molecule has 1 rings (SSSR count). The second-order valence-electron chi connectivity index (χ2n) is 5.07. The highest BCUT2D eigenvalue weighted by atomic mass is 31.3. The maximum Gasteiger partial charge on any atom is 0.424 e. The highest BCUT2D eigenvalue weighted by molar-refractivity contribution is 7.78. The Bertz CT molecular complexity index is 454. The lowest BCUT2D eigenvalue weighted by Gasteiger charge is -2.42. The molecule has 1 aliphatic rings. The summed E-state index contributed by atoms with van der Waals surface area (Å²) in [6.45, 7) is 12.7. The lowest BCUT2D eigenvalue weighted by atomic mass is 10.7. The summed E-state index contributed by atoms with van der Waals surface area (Å²) in [4.78, 5) is 0. The normalized spacial score (nSPS) is 34.4. The second kappa shape index (κ2) is 8.90. The third kappa shape index (κ3) is 4.40. The minimum atomic E-state index is -4.03. The quantitative estimate of drug-likeness (QED) is 0.518. The fourth-order valence-electron chi connectivity index (χ4n) is 2.46. The SMILES string of the molecule is CCN(CC)P1(=O)OP(=O)(N(CC)CC)OP(=O)(N(CC)CC)O1. The summed E-state index contributed by atoms with van der Waals surface area (Å²) in [7, 11) is -12.1. The van der Waals surface area contributed by atoms with E-state index in [-0.39, 0.29) is 0 Å². The first kappa shape index (κ1) is 22.5. The van der Waals surface area contributed by atoms with Gasteiger partial charge in [-0.15, -0.1) is 0 Å². The van der Waals surface area contributed by atoms with Gasteiger partial charge in [-0.3, -0.25) is 0 Å². The predicted octanol–water partition coefficient (Wildman–Crippen LogP) is 4.40. The first-order chi connectivity index (χ1) is 11.2. The molecule has 144 valence electrons. The Labute approximate surface area is 145 Å². The van der Waals surface area contributed by atoms with E-state index < -0.39 is 23.2 Å². The maximum absolute atomic E-state index is 13.3. The molecule has 0 radical (unpaired) electrons. The Kier molecular flexibility index (Phi) is 8.34. The fraction of sp³-hybridized carbons (Fsp3) is 1.00. The van der Waals surface area contributed by atoms with Crippen LogP contribution in [-0.4, -0.2) is 53.3 Å². The van der Waals surface area contributed by atoms with E-state index in [0.29, 0.717) is 39.3 Å². The molecular weight excluding hydrogens is 375 g/mol. The van der Waals surface area contributed by atoms with Crippen LogP contribution in [0.1, 0.15) is 41.5 Å². The van der Waals surface area contributed by atoms with Crippen molar-refractivity contribution in [2.75, 3.05) is 39.3 Å². The summed E-state index contributed by atoms with van der Waals surface area (Å²) in [6, 6.07) is 0. The van der Waals surface area contributed by atoms with Gasteiger partial charge in [-0.2, -0.15) is 0 Å². The molecule has 0 saturated carbocycles. The van der Waals surface area contributed by atoms with Crippen LogP contribution >= 0.6 is 23.2 Å². The van der Waals surface area contributed by atoms with Crippen LogP contribution in [0, 0.1) is 0 Å². The van der Waals surface area contributed by atoms with E-state index in [4.69, 9.17) is 12.9 Å². The minimum Gasteiger partial charge on any atom is -0.240 e. The lowest BCUT2D eigenvalue weighted by Crippen LogP contribution is -2.32. The Hall–Kier alpha value is 0.450. The van der Waals surface area contributed by atoms with Gasteiger partial charge in [0.15, 0.2) is 0 Å². The summed E-state index contributed by atoms with van der Waals surface area (Å²) in [5.41, 5.74) is 0. The van der Waals surface area contributed by atoms with E-state index in [0.717, 1.165) is 0 Å². The van der Waals surface area contributed by atoms with E-state index in [1.54, 1.807) is 41.5 Å². The summed E-state index contributed by atoms with van der Waals surface area (Å²) in [6.07, 6.45) is 0. The molecule has 0 aromatic heterocycles. The molecule has 0 amide bonds. The van der Waals surface area contributed by atoms with Gasteiger partial charge in [0.25, 0.3) is 0 Å². The molecule has 0 aliphatic carbocycles. The first-order valence-corrected chi connectivity index (χ1v) is 12.9. The average Bonchev–Trinajstić information content (AvgIpc) is 2.48. The Morgan fingerprint density at radius 3 is 0.792 bits per heavy atom. The van der Waals surface area contributed by atoms with E-state index >= 15 is 0 Å². The minimum absolute atomic E-state index is 0.338. The zero-order valence-electron chi connectivity index (χ0n) is 15.4. The van der Waals surface area contributed by atoms with Crippen LogP contribution in [0.3, 0.4) is 0 Å². The Balaban J connectivity index is 3.44. The summed E-state index contributed by atoms with van der Waals surface area (Å²) in [5, 5.41) is 0. The Morgan fingerprint density at radius 2 is 0.667 bits per heavy atom. The van der Waals surface area contributed by atoms with E-state index in [2.05, 4.69) is 0 Å². The van der Waals surface area contributed by atoms with E-state index in [1.165, 1.54) is 14.0 Å². The zero-order valence-corrected chi connectivity index (χ0v) is 18.1. The van der Waals surface area contributed by atoms with E-state index in [9.17, 15) is 13.7 Å². The fourth-order valence-corrected chi connectivity index (χ4v) is 11.3. The van der Waals surface area contributed by atoms with Crippen molar-refractivity contribution < 1.29 is 26.6 Å². The Morgan fingerprint density at radius 1 is 0.500 bits per heavy atom. The third-order valence-corrected chi connectivity index (χ3v) is 12.6. The van der Waals surface area contributed by atoms with Gasteiger partial charge in [-0.05, 0) is 0 Å². The molecule has 24 heavy (non-hydrogen) atoms. The van der Waals surface area contributed by atoms with Gasteiger partial charge in [-0.1, -0.05) is 41.5 Å². The van der Waals surface area contributed by atoms with Gasteiger partial charge in [-0.25, -0.2) is 40.6 Å². The van der Waals surface area contributed by atoms with Gasteiger partial charge in [0.1, 0.15) is 0 Å². The van der Waals surface area contributed by atoms with Crippen molar-refractivity contribution in [3.63, 3.8) is 0 Å². The topological polar surface area (TPSA) is 88.6 Å². The van der Waals surface area contributed by atoms with Crippen molar-refractivity contribution >= 4 is 23.2 Å². The summed E-state index contributed by atoms with van der Waals surface area (Å²) in [5.74, 6) is 0. The van der Waals surface area contributed by atoms with Gasteiger partial charge in [0, 0.05) is 39.3 Å². The second-order valence-corrected chi connectivity index (χ2v) is 11.5. The molecule has 0 aromatic rings. The standard InChI is InChI=1S/C12H30N3O6P3/c1-7-13(8-2)22(16)19-23(17,14(9-3)10-4)21-24(18,20-22)15(11-5)12-6/h7-12H2,1-6H3. The highest BCUT2D eigenvalue weighted by Crippen LogP contribution is 2.84. The van der Waals surface area contributed by atoms with Crippen LogP contribution in [-0.2, 0) is 26.6 Å². The largest absolute Gasteiger partial charge is 0.424 e. The molecule has 9 nitrogen and oxygen atoms in total. The van der Waals surface area contributed by atoms with Crippen LogP contribution in [0.2, 0.25) is 0 Å². The number of hydrogen-bond donors (Lipinski definition) is 0. The molecule has 1 saturated heterocycles. The summed E-state index contributed by atoms with van der Waals surface area (Å²) >= 11 is 0. The summed E-state index contributed by atoms with van der Waals surface area (Å²) < 4.78 is 60.3. The van der Waals surface area contributed by atoms with Crippen molar-refractivity contribution in [1.29, 1.82) is 0 Å². The molecule has 12 heteroatoms. The highest BCUT2D eigenvalue weighted by Gasteiger charge is 2.59. The van der Waals surface area contributed by atoms with Crippen molar-refractivity contribution in [2.24, 2.45) is 0 Å². The van der Waals surface area contributed by atoms with Crippen molar-refractivity contribution in [1.82, 2.24) is 14.0 Å². The van der Waals surface area contributed by atoms with Crippen LogP contribution in [0.15, 0.2) is 0 Å².